The summed E-state index contributed by atoms with van der Waals surface area (Å²) >= 11 is 6.01. The average molecular weight is 388 g/mol. The van der Waals surface area contributed by atoms with Gasteiger partial charge in [0, 0.05) is 11.6 Å². The van der Waals surface area contributed by atoms with E-state index >= 15 is 0 Å². The lowest BCUT2D eigenvalue weighted by molar-refractivity contribution is 0.137. The molecular weight excluding hydrogens is 366 g/mol. The Hall–Kier alpha value is -2.57. The van der Waals surface area contributed by atoms with Crippen molar-refractivity contribution < 1.29 is 15.0 Å². The summed E-state index contributed by atoms with van der Waals surface area (Å²) in [7, 11) is 0. The lowest BCUT2D eigenvalue weighted by Crippen LogP contribution is -2.21. The van der Waals surface area contributed by atoms with Gasteiger partial charge in [-0.25, -0.2) is 9.78 Å². The van der Waals surface area contributed by atoms with Crippen LogP contribution in [0.4, 0.5) is 4.79 Å². The van der Waals surface area contributed by atoms with Crippen molar-refractivity contribution in [3.05, 3.63) is 64.9 Å². The van der Waals surface area contributed by atoms with E-state index in [0.29, 0.717) is 0 Å². The van der Waals surface area contributed by atoms with Crippen molar-refractivity contribution in [2.45, 2.75) is 25.9 Å². The van der Waals surface area contributed by atoms with Gasteiger partial charge in [-0.1, -0.05) is 35.9 Å². The molecule has 1 fully saturated rings. The predicted molar refractivity (Wildman–Crippen MR) is 105 cm³/mol. The van der Waals surface area contributed by atoms with Crippen LogP contribution in [0.25, 0.3) is 11.0 Å². The largest absolute Gasteiger partial charge is 0.503 e. The number of nitrogens with zero attached hydrogens (tertiary/aromatic N) is 3. The summed E-state index contributed by atoms with van der Waals surface area (Å²) in [6.45, 7) is 4.14. The molecule has 1 aliphatic rings. The Balaban J connectivity index is 0.000000481. The molecule has 2 heterocycles. The molecule has 0 unspecified atom stereocenters. The zero-order chi connectivity index (χ0) is 19.2. The number of carboxylic acid groups (broad SMARTS) is 2. The molecular formula is C20H22ClN3O3. The topological polar surface area (TPSA) is 78.6 Å². The van der Waals surface area contributed by atoms with Crippen molar-refractivity contribution in [2.75, 3.05) is 13.1 Å². The number of hydrogen-bond donors (Lipinski definition) is 2. The molecule has 0 amide bonds. The molecule has 0 radical (unpaired) electrons. The summed E-state index contributed by atoms with van der Waals surface area (Å²) in [5.74, 6) is 1.16. The van der Waals surface area contributed by atoms with Crippen LogP contribution in [0, 0.1) is 0 Å². The van der Waals surface area contributed by atoms with E-state index in [4.69, 9.17) is 31.6 Å². The van der Waals surface area contributed by atoms with Crippen molar-refractivity contribution >= 4 is 28.8 Å². The molecule has 4 rings (SSSR count). The molecule has 27 heavy (non-hydrogen) atoms. The second kappa shape index (κ2) is 8.88. The summed E-state index contributed by atoms with van der Waals surface area (Å²) in [6, 6.07) is 16.5. The van der Waals surface area contributed by atoms with E-state index in [0.717, 1.165) is 29.5 Å². The van der Waals surface area contributed by atoms with Crippen molar-refractivity contribution in [1.29, 1.82) is 0 Å². The van der Waals surface area contributed by atoms with Crippen LogP contribution in [0.2, 0.25) is 5.02 Å². The molecule has 0 aliphatic carbocycles. The molecule has 0 spiro atoms. The number of para-hydroxylation sites is 2. The number of rotatable bonds is 4. The Morgan fingerprint density at radius 1 is 1.00 bits per heavy atom. The van der Waals surface area contributed by atoms with Crippen LogP contribution in [0.5, 0.6) is 0 Å². The van der Waals surface area contributed by atoms with Crippen LogP contribution in [-0.4, -0.2) is 43.9 Å². The first kappa shape index (κ1) is 19.2. The fourth-order valence-corrected chi connectivity index (χ4v) is 3.46. The Morgan fingerprint density at radius 3 is 2.30 bits per heavy atom. The molecule has 0 atom stereocenters. The molecule has 6 nitrogen and oxygen atoms in total. The van der Waals surface area contributed by atoms with Gasteiger partial charge >= 0.3 is 6.16 Å². The lowest BCUT2D eigenvalue weighted by atomic mass is 10.2. The smallest absolute Gasteiger partial charge is 0.450 e. The first-order valence-electron chi connectivity index (χ1n) is 8.86. The van der Waals surface area contributed by atoms with E-state index in [2.05, 4.69) is 45.9 Å². The molecule has 0 saturated carbocycles. The Morgan fingerprint density at radius 2 is 1.63 bits per heavy atom. The van der Waals surface area contributed by atoms with E-state index in [1.54, 1.807) is 0 Å². The van der Waals surface area contributed by atoms with Crippen LogP contribution >= 0.6 is 11.6 Å². The van der Waals surface area contributed by atoms with Crippen LogP contribution in [0.15, 0.2) is 48.5 Å². The predicted octanol–water partition coefficient (Wildman–Crippen LogP) is 4.56. The van der Waals surface area contributed by atoms with Gasteiger partial charge in [0.25, 0.3) is 0 Å². The van der Waals surface area contributed by atoms with E-state index in [1.165, 1.54) is 37.0 Å². The molecule has 7 heteroatoms. The highest BCUT2D eigenvalue weighted by atomic mass is 35.5. The first-order chi connectivity index (χ1) is 13.0. The van der Waals surface area contributed by atoms with Crippen molar-refractivity contribution in [3.63, 3.8) is 0 Å². The number of likely N-dealkylation sites (tertiary alicyclic amines) is 1. The summed E-state index contributed by atoms with van der Waals surface area (Å²) in [6.07, 6.45) is 0.773. The standard InChI is InChI=1S/C19H20ClN3.CH2O3/c20-16-9-7-15(8-10-16)13-23-18-6-2-1-5-17(18)21-19(23)14-22-11-3-4-12-22;2-1(3)4/h1-2,5-10H,3-4,11-14H2;(H2,2,3,4). The van der Waals surface area contributed by atoms with Crippen LogP contribution in [-0.2, 0) is 13.1 Å². The second-order valence-corrected chi connectivity index (χ2v) is 6.93. The highest BCUT2D eigenvalue weighted by Crippen LogP contribution is 2.21. The molecule has 1 aliphatic heterocycles. The van der Waals surface area contributed by atoms with Gasteiger partial charge in [-0.15, -0.1) is 0 Å². The monoisotopic (exact) mass is 387 g/mol. The molecule has 1 saturated heterocycles. The summed E-state index contributed by atoms with van der Waals surface area (Å²) < 4.78 is 2.34. The van der Waals surface area contributed by atoms with Crippen LogP contribution in [0.3, 0.4) is 0 Å². The molecule has 2 N–H and O–H groups in total. The highest BCUT2D eigenvalue weighted by Gasteiger charge is 2.17. The number of imidazole rings is 1. The number of halogens is 1. The third-order valence-corrected chi connectivity index (χ3v) is 4.80. The van der Waals surface area contributed by atoms with Crippen molar-refractivity contribution in [3.8, 4) is 0 Å². The minimum absolute atomic E-state index is 0.779. The van der Waals surface area contributed by atoms with Crippen molar-refractivity contribution in [2.24, 2.45) is 0 Å². The van der Waals surface area contributed by atoms with Gasteiger partial charge in [-0.3, -0.25) is 4.90 Å². The molecule has 142 valence electrons. The van der Waals surface area contributed by atoms with Gasteiger partial charge in [0.05, 0.1) is 17.6 Å². The fraction of sp³-hybridized carbons (Fsp3) is 0.300. The maximum atomic E-state index is 8.56. The summed E-state index contributed by atoms with van der Waals surface area (Å²) in [5, 5.41) is 14.7. The van der Waals surface area contributed by atoms with Crippen LogP contribution in [0.1, 0.15) is 24.2 Å². The maximum absolute atomic E-state index is 8.56. The van der Waals surface area contributed by atoms with E-state index in [-0.39, 0.29) is 0 Å². The Bertz CT molecular complexity index is 898. The number of aromatic nitrogens is 2. The normalized spacial score (nSPS) is 14.1. The van der Waals surface area contributed by atoms with Gasteiger partial charge in [-0.05, 0) is 55.8 Å². The third-order valence-electron chi connectivity index (χ3n) is 4.55. The number of hydrogen-bond acceptors (Lipinski definition) is 3. The van der Waals surface area contributed by atoms with Gasteiger partial charge in [0.15, 0.2) is 0 Å². The summed E-state index contributed by atoms with van der Waals surface area (Å²) in [4.78, 5) is 15.9. The minimum Gasteiger partial charge on any atom is -0.450 e. The fourth-order valence-electron chi connectivity index (χ4n) is 3.34. The van der Waals surface area contributed by atoms with Gasteiger partial charge in [0.2, 0.25) is 0 Å². The molecule has 3 aromatic rings. The molecule has 0 bridgehead atoms. The van der Waals surface area contributed by atoms with Gasteiger partial charge in [-0.2, -0.15) is 0 Å². The SMILES string of the molecule is Clc1ccc(Cn2c(CN3CCCC3)nc3ccccc32)cc1.O=C(O)O. The van der Waals surface area contributed by atoms with E-state index < -0.39 is 6.16 Å². The zero-order valence-electron chi connectivity index (χ0n) is 14.9. The van der Waals surface area contributed by atoms with Crippen molar-refractivity contribution in [1.82, 2.24) is 14.5 Å². The minimum atomic E-state index is -1.83. The van der Waals surface area contributed by atoms with E-state index in [9.17, 15) is 0 Å². The third kappa shape index (κ3) is 5.21. The lowest BCUT2D eigenvalue weighted by Gasteiger charge is -2.16. The Kier molecular flexibility index (Phi) is 6.32. The van der Waals surface area contributed by atoms with Gasteiger partial charge in [0.1, 0.15) is 5.82 Å². The second-order valence-electron chi connectivity index (χ2n) is 6.50. The summed E-state index contributed by atoms with van der Waals surface area (Å²) in [5.41, 5.74) is 3.53. The number of carbonyl (C=O) groups is 1. The highest BCUT2D eigenvalue weighted by molar-refractivity contribution is 6.30. The number of fused-ring (bicyclic) bond motifs is 1. The zero-order valence-corrected chi connectivity index (χ0v) is 15.6. The maximum Gasteiger partial charge on any atom is 0.503 e. The quantitative estimate of drug-likeness (QED) is 0.686. The van der Waals surface area contributed by atoms with Gasteiger partial charge < -0.3 is 14.8 Å². The molecule has 2 aromatic carbocycles. The molecule has 1 aromatic heterocycles. The van der Waals surface area contributed by atoms with E-state index in [1.807, 2.05) is 12.1 Å². The first-order valence-corrected chi connectivity index (χ1v) is 9.23. The Labute approximate surface area is 162 Å². The number of benzene rings is 2. The average Bonchev–Trinajstić information content (AvgIpc) is 3.25. The van der Waals surface area contributed by atoms with Crippen LogP contribution < -0.4 is 0 Å².